The van der Waals surface area contributed by atoms with Crippen molar-refractivity contribution < 1.29 is 14.0 Å². The van der Waals surface area contributed by atoms with E-state index in [4.69, 9.17) is 4.84 Å². The maximum Gasteiger partial charge on any atom is 0.257 e. The molecule has 0 saturated heterocycles. The quantitative estimate of drug-likeness (QED) is 0.307. The Bertz CT molecular complexity index is 837. The summed E-state index contributed by atoms with van der Waals surface area (Å²) in [6.07, 6.45) is 1.41. The number of carbonyl (C=O) groups is 1. The summed E-state index contributed by atoms with van der Waals surface area (Å²) in [6, 6.07) is 6.11. The minimum atomic E-state index is -0.303. The smallest absolute Gasteiger partial charge is 0.257 e. The number of amides is 1. The van der Waals surface area contributed by atoms with Crippen LogP contribution in [-0.2, 0) is 23.1 Å². The minimum Gasteiger partial charge on any atom is -0.291 e. The third kappa shape index (κ3) is 6.18. The fraction of sp³-hybridized carbons (Fsp3) is 0.421. The lowest BCUT2D eigenvalue weighted by Gasteiger charge is -2.12. The van der Waals surface area contributed by atoms with Crippen molar-refractivity contribution in [2.24, 2.45) is 7.05 Å². The van der Waals surface area contributed by atoms with E-state index in [9.17, 15) is 14.0 Å². The molecule has 0 aliphatic rings. The topological polar surface area (TPSA) is 73.2 Å². The second-order valence-corrected chi connectivity index (χ2v) is 7.10. The third-order valence-corrected chi connectivity index (χ3v) is 5.07. The highest BCUT2D eigenvalue weighted by Gasteiger charge is 2.13. The number of carbonyl (C=O) groups excluding carboxylic acids is 1. The highest BCUT2D eigenvalue weighted by atomic mass is 32.2. The number of halogens is 1. The Balaban J connectivity index is 2.00. The lowest BCUT2D eigenvalue weighted by atomic mass is 10.1. The molecule has 6 nitrogen and oxygen atoms in total. The standard InChI is InChI=1S/C19H24FN3O3S/c1-4-26-22-17(24)6-5-11-27-19-21-13(2)16(18(25)23(19)3)12-14-7-9-15(20)10-8-14/h7-10H,4-6,11-12H2,1-3H3,(H,22,24). The third-order valence-electron chi connectivity index (χ3n) is 3.95. The van der Waals surface area contributed by atoms with Gasteiger partial charge in [-0.05, 0) is 38.0 Å². The highest BCUT2D eigenvalue weighted by Crippen LogP contribution is 2.18. The van der Waals surface area contributed by atoms with Crippen LogP contribution in [0.4, 0.5) is 4.39 Å². The van der Waals surface area contributed by atoms with E-state index in [2.05, 4.69) is 10.5 Å². The SMILES string of the molecule is CCONC(=O)CCCSc1nc(C)c(Cc2ccc(F)cc2)c(=O)n1C. The molecule has 0 unspecified atom stereocenters. The highest BCUT2D eigenvalue weighted by molar-refractivity contribution is 7.99. The molecular weight excluding hydrogens is 369 g/mol. The average molecular weight is 393 g/mol. The van der Waals surface area contributed by atoms with E-state index in [1.54, 1.807) is 33.0 Å². The molecule has 0 spiro atoms. The molecule has 0 atom stereocenters. The number of rotatable bonds is 9. The van der Waals surface area contributed by atoms with Gasteiger partial charge in [0.1, 0.15) is 5.82 Å². The molecule has 2 aromatic rings. The Hall–Kier alpha value is -2.19. The van der Waals surface area contributed by atoms with Crippen molar-refractivity contribution >= 4 is 17.7 Å². The molecule has 1 N–H and O–H groups in total. The number of hydrogen-bond acceptors (Lipinski definition) is 5. The number of aromatic nitrogens is 2. The van der Waals surface area contributed by atoms with E-state index in [1.165, 1.54) is 28.5 Å². The first kappa shape index (κ1) is 21.1. The predicted octanol–water partition coefficient (Wildman–Crippen LogP) is 2.76. The fourth-order valence-corrected chi connectivity index (χ4v) is 3.42. The van der Waals surface area contributed by atoms with E-state index in [0.717, 1.165) is 5.56 Å². The zero-order valence-electron chi connectivity index (χ0n) is 15.8. The Kier molecular flexibility index (Phi) is 7.99. The lowest BCUT2D eigenvalue weighted by molar-refractivity contribution is -0.133. The first-order valence-corrected chi connectivity index (χ1v) is 9.75. The molecule has 146 valence electrons. The molecule has 1 aromatic heterocycles. The van der Waals surface area contributed by atoms with Gasteiger partial charge in [-0.25, -0.2) is 14.9 Å². The number of thioether (sulfide) groups is 1. The summed E-state index contributed by atoms with van der Waals surface area (Å²) in [6.45, 7) is 4.03. The van der Waals surface area contributed by atoms with E-state index in [-0.39, 0.29) is 17.3 Å². The monoisotopic (exact) mass is 393 g/mol. The van der Waals surface area contributed by atoms with Crippen LogP contribution in [0.2, 0.25) is 0 Å². The van der Waals surface area contributed by atoms with E-state index >= 15 is 0 Å². The van der Waals surface area contributed by atoms with Gasteiger partial charge in [-0.3, -0.25) is 19.0 Å². The average Bonchev–Trinajstić information content (AvgIpc) is 2.66. The van der Waals surface area contributed by atoms with Crippen LogP contribution in [0.15, 0.2) is 34.2 Å². The molecule has 1 aromatic carbocycles. The second-order valence-electron chi connectivity index (χ2n) is 6.04. The first-order valence-electron chi connectivity index (χ1n) is 8.76. The van der Waals surface area contributed by atoms with Gasteiger partial charge in [0.25, 0.3) is 5.56 Å². The molecule has 27 heavy (non-hydrogen) atoms. The van der Waals surface area contributed by atoms with Gasteiger partial charge in [0, 0.05) is 36.9 Å². The van der Waals surface area contributed by atoms with E-state index in [0.29, 0.717) is 48.0 Å². The summed E-state index contributed by atoms with van der Waals surface area (Å²) in [4.78, 5) is 33.6. The van der Waals surface area contributed by atoms with Crippen LogP contribution in [0.5, 0.6) is 0 Å². The molecule has 1 amide bonds. The predicted molar refractivity (Wildman–Crippen MR) is 103 cm³/mol. The Morgan fingerprint density at radius 3 is 2.70 bits per heavy atom. The van der Waals surface area contributed by atoms with Crippen LogP contribution < -0.4 is 11.0 Å². The molecule has 1 heterocycles. The zero-order chi connectivity index (χ0) is 19.8. The van der Waals surface area contributed by atoms with Gasteiger partial charge in [0.05, 0.1) is 6.61 Å². The van der Waals surface area contributed by atoms with E-state index < -0.39 is 0 Å². The molecule has 0 fully saturated rings. The van der Waals surface area contributed by atoms with Gasteiger partial charge in [-0.15, -0.1) is 0 Å². The normalized spacial score (nSPS) is 10.8. The van der Waals surface area contributed by atoms with Crippen molar-refractivity contribution in [3.8, 4) is 0 Å². The molecular formula is C19H24FN3O3S. The number of benzene rings is 1. The van der Waals surface area contributed by atoms with Crippen LogP contribution in [0.1, 0.15) is 36.6 Å². The summed E-state index contributed by atoms with van der Waals surface area (Å²) in [5, 5.41) is 0.616. The van der Waals surface area contributed by atoms with Crippen LogP contribution in [0.25, 0.3) is 0 Å². The van der Waals surface area contributed by atoms with Crippen molar-refractivity contribution in [1.82, 2.24) is 15.0 Å². The minimum absolute atomic E-state index is 0.108. The molecule has 0 aliphatic heterocycles. The van der Waals surface area contributed by atoms with Crippen LogP contribution in [0, 0.1) is 12.7 Å². The molecule has 0 aliphatic carbocycles. The fourth-order valence-electron chi connectivity index (χ4n) is 2.47. The van der Waals surface area contributed by atoms with Crippen molar-refractivity contribution in [3.05, 3.63) is 57.3 Å². The van der Waals surface area contributed by atoms with Crippen molar-refractivity contribution in [1.29, 1.82) is 0 Å². The summed E-state index contributed by atoms with van der Waals surface area (Å²) >= 11 is 1.44. The Morgan fingerprint density at radius 1 is 1.33 bits per heavy atom. The molecule has 0 bridgehead atoms. The number of hydroxylamine groups is 1. The second kappa shape index (κ2) is 10.2. The largest absolute Gasteiger partial charge is 0.291 e. The summed E-state index contributed by atoms with van der Waals surface area (Å²) in [5.41, 5.74) is 4.37. The van der Waals surface area contributed by atoms with Crippen LogP contribution >= 0.6 is 11.8 Å². The maximum absolute atomic E-state index is 13.0. The zero-order valence-corrected chi connectivity index (χ0v) is 16.6. The van der Waals surface area contributed by atoms with Gasteiger partial charge < -0.3 is 0 Å². The van der Waals surface area contributed by atoms with Crippen molar-refractivity contribution in [3.63, 3.8) is 0 Å². The number of nitrogens with one attached hydrogen (secondary N) is 1. The first-order chi connectivity index (χ1) is 12.9. The van der Waals surface area contributed by atoms with Crippen molar-refractivity contribution in [2.45, 2.75) is 38.3 Å². The number of nitrogens with zero attached hydrogens (tertiary/aromatic N) is 2. The van der Waals surface area contributed by atoms with E-state index in [1.807, 2.05) is 0 Å². The van der Waals surface area contributed by atoms with Crippen LogP contribution in [0.3, 0.4) is 0 Å². The Morgan fingerprint density at radius 2 is 2.04 bits per heavy atom. The van der Waals surface area contributed by atoms with Gasteiger partial charge >= 0.3 is 0 Å². The maximum atomic E-state index is 13.0. The van der Waals surface area contributed by atoms with Crippen LogP contribution in [-0.4, -0.2) is 27.8 Å². The van der Waals surface area contributed by atoms with Crippen molar-refractivity contribution in [2.75, 3.05) is 12.4 Å². The lowest BCUT2D eigenvalue weighted by Crippen LogP contribution is -2.26. The number of hydrogen-bond donors (Lipinski definition) is 1. The van der Waals surface area contributed by atoms with Gasteiger partial charge in [0.15, 0.2) is 5.16 Å². The van der Waals surface area contributed by atoms with Gasteiger partial charge in [-0.1, -0.05) is 23.9 Å². The molecule has 8 heteroatoms. The number of aryl methyl sites for hydroxylation is 1. The summed E-state index contributed by atoms with van der Waals surface area (Å²) in [5.74, 6) is 0.199. The molecule has 2 rings (SSSR count). The molecule has 0 saturated carbocycles. The molecule has 0 radical (unpaired) electrons. The van der Waals surface area contributed by atoms with Gasteiger partial charge in [0.2, 0.25) is 5.91 Å². The summed E-state index contributed by atoms with van der Waals surface area (Å²) in [7, 11) is 1.69. The van der Waals surface area contributed by atoms with Gasteiger partial charge in [-0.2, -0.15) is 0 Å². The Labute approximate surface area is 162 Å². The summed E-state index contributed by atoms with van der Waals surface area (Å²) < 4.78 is 14.6.